The highest BCUT2D eigenvalue weighted by Crippen LogP contribution is 2.23. The molecule has 0 radical (unpaired) electrons. The molecular weight excluding hydrogens is 342 g/mol. The van der Waals surface area contributed by atoms with E-state index in [1.807, 2.05) is 13.0 Å². The molecule has 0 heterocycles. The van der Waals surface area contributed by atoms with E-state index in [9.17, 15) is 5.11 Å². The second kappa shape index (κ2) is 8.89. The molecule has 0 atom stereocenters. The molecule has 1 rings (SSSR count). The number of hydrogen-bond acceptors (Lipinski definition) is 4. The molecule has 1 aromatic rings. The van der Waals surface area contributed by atoms with Crippen molar-refractivity contribution in [2.24, 2.45) is 5.10 Å². The van der Waals surface area contributed by atoms with Gasteiger partial charge >= 0.3 is 0 Å². The SMILES string of the molecule is CC/C(=N\NC(=S)NCCOC)c1cc(Br)ccc1O. The van der Waals surface area contributed by atoms with Crippen LogP contribution in [-0.4, -0.2) is 36.2 Å². The molecule has 3 N–H and O–H groups in total. The van der Waals surface area contributed by atoms with Crippen molar-refractivity contribution in [1.82, 2.24) is 10.7 Å². The van der Waals surface area contributed by atoms with Crippen molar-refractivity contribution in [3.63, 3.8) is 0 Å². The Kier molecular flexibility index (Phi) is 7.50. The first kappa shape index (κ1) is 16.9. The summed E-state index contributed by atoms with van der Waals surface area (Å²) in [6.07, 6.45) is 0.664. The van der Waals surface area contributed by atoms with E-state index in [1.54, 1.807) is 19.2 Å². The lowest BCUT2D eigenvalue weighted by molar-refractivity contribution is 0.204. The maximum Gasteiger partial charge on any atom is 0.187 e. The van der Waals surface area contributed by atoms with Gasteiger partial charge in [0, 0.05) is 23.7 Å². The van der Waals surface area contributed by atoms with Gasteiger partial charge in [-0.25, -0.2) is 0 Å². The van der Waals surface area contributed by atoms with Gasteiger partial charge in [-0.05, 0) is 36.8 Å². The minimum absolute atomic E-state index is 0.189. The van der Waals surface area contributed by atoms with Crippen LogP contribution in [0.25, 0.3) is 0 Å². The first-order valence-electron chi connectivity index (χ1n) is 6.16. The van der Waals surface area contributed by atoms with Crippen LogP contribution in [0.3, 0.4) is 0 Å². The van der Waals surface area contributed by atoms with E-state index in [0.29, 0.717) is 30.2 Å². The summed E-state index contributed by atoms with van der Waals surface area (Å²) < 4.78 is 5.79. The number of ether oxygens (including phenoxy) is 1. The molecule has 0 saturated heterocycles. The normalized spacial score (nSPS) is 11.2. The number of hydrogen-bond donors (Lipinski definition) is 3. The summed E-state index contributed by atoms with van der Waals surface area (Å²) in [5, 5.41) is 17.5. The van der Waals surface area contributed by atoms with Crippen LogP contribution in [0, 0.1) is 0 Å². The quantitative estimate of drug-likeness (QED) is 0.315. The monoisotopic (exact) mass is 359 g/mol. The van der Waals surface area contributed by atoms with E-state index in [-0.39, 0.29) is 5.75 Å². The number of thiocarbonyl (C=S) groups is 1. The van der Waals surface area contributed by atoms with E-state index >= 15 is 0 Å². The van der Waals surface area contributed by atoms with Crippen molar-refractivity contribution in [2.45, 2.75) is 13.3 Å². The molecule has 1 aromatic carbocycles. The molecule has 5 nitrogen and oxygen atoms in total. The third-order valence-electron chi connectivity index (χ3n) is 2.49. The first-order valence-corrected chi connectivity index (χ1v) is 7.36. The highest BCUT2D eigenvalue weighted by atomic mass is 79.9. The molecule has 0 aromatic heterocycles. The molecular formula is C13H18BrN3O2S. The predicted octanol–water partition coefficient (Wildman–Crippen LogP) is 2.38. The van der Waals surface area contributed by atoms with Crippen molar-refractivity contribution in [3.8, 4) is 5.75 Å². The second-order valence-corrected chi connectivity index (χ2v) is 5.26. The van der Waals surface area contributed by atoms with Crippen molar-refractivity contribution in [3.05, 3.63) is 28.2 Å². The smallest absolute Gasteiger partial charge is 0.187 e. The molecule has 0 aliphatic heterocycles. The number of halogens is 1. The largest absolute Gasteiger partial charge is 0.507 e. The lowest BCUT2D eigenvalue weighted by Crippen LogP contribution is -2.34. The molecule has 0 amide bonds. The van der Waals surface area contributed by atoms with Crippen LogP contribution in [0.2, 0.25) is 0 Å². The van der Waals surface area contributed by atoms with Gasteiger partial charge in [0.2, 0.25) is 0 Å². The molecule has 0 fully saturated rings. The Labute approximate surface area is 132 Å². The average molecular weight is 360 g/mol. The summed E-state index contributed by atoms with van der Waals surface area (Å²) in [5.41, 5.74) is 4.16. The number of hydrazone groups is 1. The van der Waals surface area contributed by atoms with Gasteiger partial charge in [0.05, 0.1) is 12.3 Å². The Morgan fingerprint density at radius 3 is 2.90 bits per heavy atom. The van der Waals surface area contributed by atoms with Crippen molar-refractivity contribution in [1.29, 1.82) is 0 Å². The van der Waals surface area contributed by atoms with Gasteiger partial charge in [-0.2, -0.15) is 5.10 Å². The average Bonchev–Trinajstić information content (AvgIpc) is 2.43. The summed E-state index contributed by atoms with van der Waals surface area (Å²) in [4.78, 5) is 0. The molecule has 110 valence electrons. The van der Waals surface area contributed by atoms with Crippen LogP contribution < -0.4 is 10.7 Å². The van der Waals surface area contributed by atoms with Crippen LogP contribution in [0.4, 0.5) is 0 Å². The van der Waals surface area contributed by atoms with Crippen LogP contribution >= 0.6 is 28.1 Å². The fourth-order valence-corrected chi connectivity index (χ4v) is 2.00. The fraction of sp³-hybridized carbons (Fsp3) is 0.385. The Balaban J connectivity index is 2.72. The summed E-state index contributed by atoms with van der Waals surface area (Å²) >= 11 is 8.46. The maximum atomic E-state index is 9.88. The number of phenolic OH excluding ortho intramolecular Hbond substituents is 1. The third kappa shape index (κ3) is 5.44. The molecule has 20 heavy (non-hydrogen) atoms. The fourth-order valence-electron chi connectivity index (χ4n) is 1.49. The van der Waals surface area contributed by atoms with Gasteiger partial charge in [0.1, 0.15) is 5.75 Å². The van der Waals surface area contributed by atoms with Crippen LogP contribution in [0.1, 0.15) is 18.9 Å². The van der Waals surface area contributed by atoms with Gasteiger partial charge in [-0.1, -0.05) is 22.9 Å². The van der Waals surface area contributed by atoms with E-state index in [4.69, 9.17) is 17.0 Å². The number of benzene rings is 1. The molecule has 0 saturated carbocycles. The topological polar surface area (TPSA) is 65.9 Å². The highest BCUT2D eigenvalue weighted by molar-refractivity contribution is 9.10. The maximum absolute atomic E-state index is 9.88. The minimum atomic E-state index is 0.189. The van der Waals surface area contributed by atoms with Gasteiger partial charge in [-0.3, -0.25) is 5.43 Å². The van der Waals surface area contributed by atoms with Crippen molar-refractivity contribution >= 4 is 39.0 Å². The molecule has 7 heteroatoms. The van der Waals surface area contributed by atoms with Crippen LogP contribution in [-0.2, 0) is 4.74 Å². The van der Waals surface area contributed by atoms with Gasteiger partial charge in [-0.15, -0.1) is 0 Å². The number of nitrogens with one attached hydrogen (secondary N) is 2. The van der Waals surface area contributed by atoms with Crippen LogP contribution in [0.15, 0.2) is 27.8 Å². The van der Waals surface area contributed by atoms with Crippen molar-refractivity contribution in [2.75, 3.05) is 20.3 Å². The molecule has 0 bridgehead atoms. The lowest BCUT2D eigenvalue weighted by Gasteiger charge is -2.10. The van der Waals surface area contributed by atoms with E-state index < -0.39 is 0 Å². The van der Waals surface area contributed by atoms with E-state index in [1.165, 1.54) is 0 Å². The number of phenols is 1. The third-order valence-corrected chi connectivity index (χ3v) is 3.22. The summed E-state index contributed by atoms with van der Waals surface area (Å²) in [7, 11) is 1.63. The number of methoxy groups -OCH3 is 1. The standard InChI is InChI=1S/C13H18BrN3O2S/c1-3-11(10-8-9(14)4-5-12(10)18)16-17-13(20)15-6-7-19-2/h4-5,8,18H,3,6-7H2,1-2H3,(H2,15,17,20)/b16-11+. The zero-order valence-electron chi connectivity index (χ0n) is 11.4. The Hall–Kier alpha value is -1.18. The first-order chi connectivity index (χ1) is 9.58. The zero-order valence-corrected chi connectivity index (χ0v) is 13.8. The Morgan fingerprint density at radius 1 is 1.50 bits per heavy atom. The Bertz CT molecular complexity index is 495. The summed E-state index contributed by atoms with van der Waals surface area (Å²) in [6, 6.07) is 5.22. The van der Waals surface area contributed by atoms with Gasteiger partial charge in [0.25, 0.3) is 0 Å². The number of rotatable bonds is 6. The lowest BCUT2D eigenvalue weighted by atomic mass is 10.1. The molecule has 0 aliphatic rings. The minimum Gasteiger partial charge on any atom is -0.507 e. The molecule has 0 spiro atoms. The molecule has 0 aliphatic carbocycles. The summed E-state index contributed by atoms with van der Waals surface area (Å²) in [6.45, 7) is 3.14. The number of aromatic hydroxyl groups is 1. The molecule has 0 unspecified atom stereocenters. The van der Waals surface area contributed by atoms with Crippen LogP contribution in [0.5, 0.6) is 5.75 Å². The van der Waals surface area contributed by atoms with Gasteiger partial charge in [0.15, 0.2) is 5.11 Å². The summed E-state index contributed by atoms with van der Waals surface area (Å²) in [5.74, 6) is 0.189. The van der Waals surface area contributed by atoms with E-state index in [2.05, 4.69) is 31.8 Å². The van der Waals surface area contributed by atoms with Crippen molar-refractivity contribution < 1.29 is 9.84 Å². The highest BCUT2D eigenvalue weighted by Gasteiger charge is 2.08. The predicted molar refractivity (Wildman–Crippen MR) is 88.2 cm³/mol. The Morgan fingerprint density at radius 2 is 2.25 bits per heavy atom. The zero-order chi connectivity index (χ0) is 15.0. The van der Waals surface area contributed by atoms with Gasteiger partial charge < -0.3 is 15.2 Å². The van der Waals surface area contributed by atoms with E-state index in [0.717, 1.165) is 10.2 Å². The second-order valence-electron chi connectivity index (χ2n) is 3.93. The number of nitrogens with zero attached hydrogens (tertiary/aromatic N) is 1.